The van der Waals surface area contributed by atoms with Crippen LogP contribution in [0.15, 0.2) is 23.1 Å². The van der Waals surface area contributed by atoms with Gasteiger partial charge in [-0.2, -0.15) is 0 Å². The molecule has 0 fully saturated rings. The molecule has 0 atom stereocenters. The highest BCUT2D eigenvalue weighted by molar-refractivity contribution is 8.00. The first-order chi connectivity index (χ1) is 7.35. The van der Waals surface area contributed by atoms with Crippen LogP contribution in [0.5, 0.6) is 0 Å². The lowest BCUT2D eigenvalue weighted by atomic mass is 10.2. The summed E-state index contributed by atoms with van der Waals surface area (Å²) in [5, 5.41) is 11.0. The van der Waals surface area contributed by atoms with Crippen molar-refractivity contribution in [3.05, 3.63) is 28.3 Å². The van der Waals surface area contributed by atoms with Gasteiger partial charge in [0.15, 0.2) is 0 Å². The Labute approximate surface area is 98.5 Å². The van der Waals surface area contributed by atoms with Crippen LogP contribution in [0, 0.1) is 10.1 Å². The second kappa shape index (κ2) is 4.71. The fourth-order valence-corrected chi connectivity index (χ4v) is 2.33. The third kappa shape index (κ3) is 3.11. The van der Waals surface area contributed by atoms with E-state index in [9.17, 15) is 10.1 Å². The van der Waals surface area contributed by atoms with E-state index in [0.29, 0.717) is 10.6 Å². The molecule has 3 N–H and O–H groups in total. The van der Waals surface area contributed by atoms with Crippen molar-refractivity contribution in [3.8, 4) is 0 Å². The molecule has 0 radical (unpaired) electrons. The van der Waals surface area contributed by atoms with E-state index in [1.54, 1.807) is 18.2 Å². The summed E-state index contributed by atoms with van der Waals surface area (Å²) < 4.78 is -0.0853. The van der Waals surface area contributed by atoms with Gasteiger partial charge in [0.2, 0.25) is 0 Å². The van der Waals surface area contributed by atoms with Gasteiger partial charge in [-0.1, -0.05) is 26.8 Å². The highest BCUT2D eigenvalue weighted by atomic mass is 32.2. The lowest BCUT2D eigenvalue weighted by molar-refractivity contribution is -0.386. The normalized spacial score (nSPS) is 11.2. The molecule has 0 amide bonds. The van der Waals surface area contributed by atoms with Gasteiger partial charge in [0.25, 0.3) is 0 Å². The maximum atomic E-state index is 11.0. The Balaban J connectivity index is 3.22. The van der Waals surface area contributed by atoms with Gasteiger partial charge in [0.1, 0.15) is 5.69 Å². The minimum absolute atomic E-state index is 0.0323. The third-order valence-electron chi connectivity index (χ3n) is 1.75. The van der Waals surface area contributed by atoms with Crippen molar-refractivity contribution in [2.24, 2.45) is 5.84 Å². The number of nitrogens with two attached hydrogens (primary N) is 1. The molecule has 0 aliphatic heterocycles. The first kappa shape index (κ1) is 12.8. The summed E-state index contributed by atoms with van der Waals surface area (Å²) in [5.74, 6) is 5.26. The lowest BCUT2D eigenvalue weighted by Gasteiger charge is -2.18. The number of para-hydroxylation sites is 1. The topological polar surface area (TPSA) is 81.2 Å². The molecule has 0 saturated heterocycles. The maximum Gasteiger partial charge on any atom is 0.307 e. The zero-order valence-electron chi connectivity index (χ0n) is 9.48. The highest BCUT2D eigenvalue weighted by Crippen LogP contribution is 2.40. The molecular formula is C10H15N3O2S. The molecular weight excluding hydrogens is 226 g/mol. The van der Waals surface area contributed by atoms with E-state index in [2.05, 4.69) is 5.43 Å². The van der Waals surface area contributed by atoms with E-state index in [0.717, 1.165) is 0 Å². The van der Waals surface area contributed by atoms with Gasteiger partial charge in [0.05, 0.1) is 9.82 Å². The van der Waals surface area contributed by atoms with Crippen molar-refractivity contribution in [1.29, 1.82) is 0 Å². The van der Waals surface area contributed by atoms with Gasteiger partial charge >= 0.3 is 5.69 Å². The van der Waals surface area contributed by atoms with E-state index in [4.69, 9.17) is 5.84 Å². The zero-order valence-corrected chi connectivity index (χ0v) is 10.3. The first-order valence-corrected chi connectivity index (χ1v) is 5.60. The van der Waals surface area contributed by atoms with Gasteiger partial charge < -0.3 is 5.43 Å². The smallest absolute Gasteiger partial charge is 0.307 e. The van der Waals surface area contributed by atoms with Gasteiger partial charge in [-0.25, -0.2) is 0 Å². The van der Waals surface area contributed by atoms with Crippen LogP contribution in [0.25, 0.3) is 0 Å². The lowest BCUT2D eigenvalue weighted by Crippen LogP contribution is -2.11. The Bertz CT molecular complexity index is 402. The molecule has 5 nitrogen and oxygen atoms in total. The largest absolute Gasteiger partial charge is 0.318 e. The molecule has 0 unspecified atom stereocenters. The monoisotopic (exact) mass is 241 g/mol. The van der Waals surface area contributed by atoms with Crippen LogP contribution in [0.4, 0.5) is 11.4 Å². The molecule has 1 aromatic rings. The van der Waals surface area contributed by atoms with Crippen LogP contribution in [0.3, 0.4) is 0 Å². The predicted octanol–water partition coefficient (Wildman–Crippen LogP) is 2.77. The molecule has 0 spiro atoms. The van der Waals surface area contributed by atoms with Gasteiger partial charge in [-0.05, 0) is 12.1 Å². The number of hydrazine groups is 1. The van der Waals surface area contributed by atoms with Crippen molar-refractivity contribution in [2.75, 3.05) is 5.43 Å². The number of thioether (sulfide) groups is 1. The molecule has 16 heavy (non-hydrogen) atoms. The molecule has 6 heteroatoms. The van der Waals surface area contributed by atoms with Crippen molar-refractivity contribution >= 4 is 23.1 Å². The SMILES string of the molecule is CC(C)(C)Sc1cccc(NN)c1[N+](=O)[O-]. The molecule has 1 aromatic carbocycles. The van der Waals surface area contributed by atoms with Crippen LogP contribution in [0.2, 0.25) is 0 Å². The number of anilines is 1. The van der Waals surface area contributed by atoms with Crippen molar-refractivity contribution in [1.82, 2.24) is 0 Å². The second-order valence-electron chi connectivity index (χ2n) is 4.27. The zero-order chi connectivity index (χ0) is 12.3. The average molecular weight is 241 g/mol. The molecule has 0 aliphatic rings. The van der Waals surface area contributed by atoms with Crippen LogP contribution >= 0.6 is 11.8 Å². The number of nitro groups is 1. The van der Waals surface area contributed by atoms with Gasteiger partial charge in [-0.3, -0.25) is 16.0 Å². The van der Waals surface area contributed by atoms with Crippen LogP contribution in [0.1, 0.15) is 20.8 Å². The molecule has 88 valence electrons. The molecule has 0 aromatic heterocycles. The molecule has 0 heterocycles. The minimum atomic E-state index is -0.413. The Morgan fingerprint density at radius 1 is 1.44 bits per heavy atom. The predicted molar refractivity (Wildman–Crippen MR) is 66.5 cm³/mol. The molecule has 0 aliphatic carbocycles. The summed E-state index contributed by atoms with van der Waals surface area (Å²) in [6.45, 7) is 6.01. The van der Waals surface area contributed by atoms with E-state index in [1.165, 1.54) is 11.8 Å². The molecule has 1 rings (SSSR count). The van der Waals surface area contributed by atoms with Crippen LogP contribution in [-0.2, 0) is 0 Å². The Kier molecular flexibility index (Phi) is 3.77. The maximum absolute atomic E-state index is 11.0. The Morgan fingerprint density at radius 3 is 2.50 bits per heavy atom. The highest BCUT2D eigenvalue weighted by Gasteiger charge is 2.23. The van der Waals surface area contributed by atoms with Crippen molar-refractivity contribution in [3.63, 3.8) is 0 Å². The first-order valence-electron chi connectivity index (χ1n) is 4.78. The van der Waals surface area contributed by atoms with E-state index >= 15 is 0 Å². The summed E-state index contributed by atoms with van der Waals surface area (Å²) in [7, 11) is 0. The van der Waals surface area contributed by atoms with Gasteiger partial charge in [0, 0.05) is 4.75 Å². The summed E-state index contributed by atoms with van der Waals surface area (Å²) in [5.41, 5.74) is 2.71. The Hall–Kier alpha value is -1.27. The van der Waals surface area contributed by atoms with Crippen molar-refractivity contribution < 1.29 is 4.92 Å². The number of rotatable bonds is 3. The standard InChI is InChI=1S/C10H15N3O2S/c1-10(2,3)16-8-6-4-5-7(12-11)9(8)13(14)15/h4-6,12H,11H2,1-3H3. The third-order valence-corrected chi connectivity index (χ3v) is 2.91. The quantitative estimate of drug-likeness (QED) is 0.368. The van der Waals surface area contributed by atoms with E-state index < -0.39 is 4.92 Å². The van der Waals surface area contributed by atoms with Crippen LogP contribution < -0.4 is 11.3 Å². The van der Waals surface area contributed by atoms with E-state index in [1.807, 2.05) is 20.8 Å². The number of nitrogens with zero attached hydrogens (tertiary/aromatic N) is 1. The summed E-state index contributed by atoms with van der Waals surface area (Å²) >= 11 is 1.45. The van der Waals surface area contributed by atoms with E-state index in [-0.39, 0.29) is 10.4 Å². The molecule has 0 bridgehead atoms. The summed E-state index contributed by atoms with van der Waals surface area (Å²) in [6, 6.07) is 5.07. The number of hydrogen-bond acceptors (Lipinski definition) is 5. The molecule has 0 saturated carbocycles. The van der Waals surface area contributed by atoms with Gasteiger partial charge in [-0.15, -0.1) is 11.8 Å². The number of benzene rings is 1. The fraction of sp³-hybridized carbons (Fsp3) is 0.400. The average Bonchev–Trinajstić information content (AvgIpc) is 2.14. The second-order valence-corrected chi connectivity index (χ2v) is 6.14. The van der Waals surface area contributed by atoms with Crippen molar-refractivity contribution in [2.45, 2.75) is 30.4 Å². The van der Waals surface area contributed by atoms with Crippen LogP contribution in [-0.4, -0.2) is 9.67 Å². The minimum Gasteiger partial charge on any atom is -0.318 e. The number of nitrogens with one attached hydrogen (secondary N) is 1. The summed E-state index contributed by atoms with van der Waals surface area (Å²) in [6.07, 6.45) is 0. The number of nitro benzene ring substituents is 1. The summed E-state index contributed by atoms with van der Waals surface area (Å²) in [4.78, 5) is 11.2. The Morgan fingerprint density at radius 2 is 2.06 bits per heavy atom. The number of hydrogen-bond donors (Lipinski definition) is 2. The number of nitrogen functional groups attached to an aromatic ring is 1. The fourth-order valence-electron chi connectivity index (χ4n) is 1.24.